The van der Waals surface area contributed by atoms with E-state index in [0.29, 0.717) is 6.10 Å². The molecule has 18 heavy (non-hydrogen) atoms. The molecule has 1 heterocycles. The Bertz CT molecular complexity index is 403. The van der Waals surface area contributed by atoms with Crippen molar-refractivity contribution in [3.8, 4) is 0 Å². The van der Waals surface area contributed by atoms with Crippen LogP contribution in [0.5, 0.6) is 0 Å². The van der Waals surface area contributed by atoms with Crippen molar-refractivity contribution in [2.75, 3.05) is 33.3 Å². The molecule has 0 aromatic heterocycles. The Kier molecular flexibility index (Phi) is 5.45. The average Bonchev–Trinajstić information content (AvgIpc) is 2.34. The predicted octanol–water partition coefficient (Wildman–Crippen LogP) is 2.52. The van der Waals surface area contributed by atoms with Gasteiger partial charge in [-0.1, -0.05) is 17.7 Å². The third kappa shape index (κ3) is 4.21. The predicted molar refractivity (Wildman–Crippen MR) is 78.1 cm³/mol. The first-order chi connectivity index (χ1) is 8.65. The van der Waals surface area contributed by atoms with E-state index < -0.39 is 0 Å². The minimum atomic E-state index is 0.291. The summed E-state index contributed by atoms with van der Waals surface area (Å²) >= 11 is 9.39. The lowest BCUT2D eigenvalue weighted by Crippen LogP contribution is -2.44. The number of likely N-dealkylation sites (N-methyl/N-ethyl adjacent to an activating group) is 1. The van der Waals surface area contributed by atoms with Gasteiger partial charge >= 0.3 is 0 Å². The molecule has 1 saturated heterocycles. The Morgan fingerprint density at radius 2 is 2.39 bits per heavy atom. The third-order valence-electron chi connectivity index (χ3n) is 3.03. The number of rotatable bonds is 4. The molecule has 0 bridgehead atoms. The summed E-state index contributed by atoms with van der Waals surface area (Å²) in [7, 11) is 2.13. The van der Waals surface area contributed by atoms with Crippen LogP contribution in [0.3, 0.4) is 0 Å². The van der Waals surface area contributed by atoms with Crippen molar-refractivity contribution in [2.24, 2.45) is 0 Å². The molecule has 3 nitrogen and oxygen atoms in total. The van der Waals surface area contributed by atoms with Gasteiger partial charge in [0.05, 0.1) is 17.7 Å². The topological polar surface area (TPSA) is 24.5 Å². The fraction of sp³-hybridized carbons (Fsp3) is 0.538. The van der Waals surface area contributed by atoms with Gasteiger partial charge in [-0.3, -0.25) is 0 Å². The van der Waals surface area contributed by atoms with Gasteiger partial charge in [-0.05, 0) is 40.7 Å². The number of benzene rings is 1. The second kappa shape index (κ2) is 6.87. The van der Waals surface area contributed by atoms with E-state index in [2.05, 4.69) is 33.2 Å². The van der Waals surface area contributed by atoms with Crippen molar-refractivity contribution in [2.45, 2.75) is 12.6 Å². The van der Waals surface area contributed by atoms with Crippen LogP contribution in [0.4, 0.5) is 0 Å². The summed E-state index contributed by atoms with van der Waals surface area (Å²) in [5.41, 5.74) is 1.22. The highest BCUT2D eigenvalue weighted by Gasteiger charge is 2.16. The maximum absolute atomic E-state index is 5.96. The maximum Gasteiger partial charge on any atom is 0.0826 e. The average molecular weight is 334 g/mol. The van der Waals surface area contributed by atoms with Crippen LogP contribution in [0, 0.1) is 0 Å². The van der Waals surface area contributed by atoms with Gasteiger partial charge in [-0.25, -0.2) is 0 Å². The largest absolute Gasteiger partial charge is 0.374 e. The summed E-state index contributed by atoms with van der Waals surface area (Å²) in [5.74, 6) is 0. The molecule has 1 aromatic rings. The standard InChI is InChI=1S/C13H18BrClN2O/c1-17-4-5-18-11(9-17)8-16-7-10-2-3-13(15)12(14)6-10/h2-3,6,11,16H,4-5,7-9H2,1H3. The van der Waals surface area contributed by atoms with E-state index in [9.17, 15) is 0 Å². The lowest BCUT2D eigenvalue weighted by molar-refractivity contribution is -0.0182. The first-order valence-corrected chi connectivity index (χ1v) is 7.27. The Morgan fingerprint density at radius 1 is 1.56 bits per heavy atom. The minimum absolute atomic E-state index is 0.291. The minimum Gasteiger partial charge on any atom is -0.374 e. The molecule has 0 saturated carbocycles. The maximum atomic E-state index is 5.96. The second-order valence-electron chi connectivity index (χ2n) is 4.63. The molecule has 1 fully saturated rings. The molecule has 1 atom stereocenters. The molecule has 1 aromatic carbocycles. The molecule has 1 N–H and O–H groups in total. The van der Waals surface area contributed by atoms with E-state index in [1.165, 1.54) is 5.56 Å². The second-order valence-corrected chi connectivity index (χ2v) is 5.90. The van der Waals surface area contributed by atoms with Crippen LogP contribution in [0.25, 0.3) is 0 Å². The molecule has 100 valence electrons. The number of nitrogens with one attached hydrogen (secondary N) is 1. The van der Waals surface area contributed by atoms with Crippen LogP contribution in [0.15, 0.2) is 22.7 Å². The van der Waals surface area contributed by atoms with Crippen LogP contribution >= 0.6 is 27.5 Å². The van der Waals surface area contributed by atoms with Crippen molar-refractivity contribution in [1.82, 2.24) is 10.2 Å². The summed E-state index contributed by atoms with van der Waals surface area (Å²) < 4.78 is 6.64. The molecule has 2 rings (SSSR count). The Balaban J connectivity index is 1.76. The first-order valence-electron chi connectivity index (χ1n) is 6.10. The zero-order valence-corrected chi connectivity index (χ0v) is 12.8. The molecule has 1 unspecified atom stereocenters. The van der Waals surface area contributed by atoms with E-state index in [1.54, 1.807) is 0 Å². The first kappa shape index (κ1) is 14.3. The molecular formula is C13H18BrClN2O. The number of hydrogen-bond donors (Lipinski definition) is 1. The van der Waals surface area contributed by atoms with E-state index >= 15 is 0 Å². The molecule has 0 radical (unpaired) electrons. The van der Waals surface area contributed by atoms with Crippen LogP contribution in [-0.4, -0.2) is 44.3 Å². The van der Waals surface area contributed by atoms with Gasteiger partial charge in [0, 0.05) is 30.7 Å². The van der Waals surface area contributed by atoms with Gasteiger partial charge in [0.2, 0.25) is 0 Å². The molecule has 0 spiro atoms. The Labute approximate surface area is 122 Å². The van der Waals surface area contributed by atoms with Crippen molar-refractivity contribution < 1.29 is 4.74 Å². The van der Waals surface area contributed by atoms with E-state index in [0.717, 1.165) is 42.3 Å². The van der Waals surface area contributed by atoms with Crippen molar-refractivity contribution in [3.05, 3.63) is 33.3 Å². The van der Waals surface area contributed by atoms with Gasteiger partial charge in [-0.15, -0.1) is 0 Å². The van der Waals surface area contributed by atoms with E-state index in [-0.39, 0.29) is 0 Å². The van der Waals surface area contributed by atoms with Crippen molar-refractivity contribution in [3.63, 3.8) is 0 Å². The third-order valence-corrected chi connectivity index (χ3v) is 4.24. The summed E-state index contributed by atoms with van der Waals surface area (Å²) in [4.78, 5) is 2.30. The van der Waals surface area contributed by atoms with E-state index in [1.807, 2.05) is 18.2 Å². The number of ether oxygens (including phenoxy) is 1. The van der Waals surface area contributed by atoms with Gasteiger partial charge in [0.25, 0.3) is 0 Å². The van der Waals surface area contributed by atoms with E-state index in [4.69, 9.17) is 16.3 Å². The molecule has 0 aliphatic carbocycles. The van der Waals surface area contributed by atoms with Crippen LogP contribution in [-0.2, 0) is 11.3 Å². The quantitative estimate of drug-likeness (QED) is 0.916. The van der Waals surface area contributed by atoms with Gasteiger partial charge < -0.3 is 15.0 Å². The normalized spacial score (nSPS) is 21.2. The smallest absolute Gasteiger partial charge is 0.0826 e. The van der Waals surface area contributed by atoms with Crippen LogP contribution in [0.2, 0.25) is 5.02 Å². The SMILES string of the molecule is CN1CCOC(CNCc2ccc(Cl)c(Br)c2)C1. The zero-order valence-electron chi connectivity index (χ0n) is 10.5. The van der Waals surface area contributed by atoms with Gasteiger partial charge in [0.15, 0.2) is 0 Å². The highest BCUT2D eigenvalue weighted by atomic mass is 79.9. The summed E-state index contributed by atoms with van der Waals surface area (Å²) in [5, 5.41) is 4.17. The Morgan fingerprint density at radius 3 is 3.11 bits per heavy atom. The highest BCUT2D eigenvalue weighted by molar-refractivity contribution is 9.10. The lowest BCUT2D eigenvalue weighted by atomic mass is 10.2. The van der Waals surface area contributed by atoms with Crippen LogP contribution < -0.4 is 5.32 Å². The fourth-order valence-corrected chi connectivity index (χ4v) is 2.56. The summed E-state index contributed by atoms with van der Waals surface area (Å²) in [6, 6.07) is 5.99. The molecular weight excluding hydrogens is 316 g/mol. The monoisotopic (exact) mass is 332 g/mol. The van der Waals surface area contributed by atoms with Gasteiger partial charge in [0.1, 0.15) is 0 Å². The number of hydrogen-bond acceptors (Lipinski definition) is 3. The highest BCUT2D eigenvalue weighted by Crippen LogP contribution is 2.23. The van der Waals surface area contributed by atoms with Gasteiger partial charge in [-0.2, -0.15) is 0 Å². The van der Waals surface area contributed by atoms with Crippen molar-refractivity contribution >= 4 is 27.5 Å². The zero-order chi connectivity index (χ0) is 13.0. The van der Waals surface area contributed by atoms with Crippen LogP contribution in [0.1, 0.15) is 5.56 Å². The molecule has 5 heteroatoms. The Hall–Kier alpha value is -0.130. The fourth-order valence-electron chi connectivity index (χ4n) is 2.02. The molecule has 1 aliphatic rings. The summed E-state index contributed by atoms with van der Waals surface area (Å²) in [6.45, 7) is 4.57. The molecule has 1 aliphatic heterocycles. The lowest BCUT2D eigenvalue weighted by Gasteiger charge is -2.30. The number of nitrogens with zero attached hydrogens (tertiary/aromatic N) is 1. The van der Waals surface area contributed by atoms with Crippen molar-refractivity contribution in [1.29, 1.82) is 0 Å². The summed E-state index contributed by atoms with van der Waals surface area (Å²) in [6.07, 6.45) is 0.291. The number of halogens is 2. The molecule has 0 amide bonds. The number of morpholine rings is 1.